The molecule has 9 N–H and O–H groups in total. The molecule has 1 aromatic heterocycles. The van der Waals surface area contributed by atoms with Gasteiger partial charge in [0.05, 0.1) is 85.7 Å². The lowest BCUT2D eigenvalue weighted by atomic mass is 9.99. The summed E-state index contributed by atoms with van der Waals surface area (Å²) in [6.45, 7) is 28.7. The fourth-order valence-electron chi connectivity index (χ4n) is 16.2. The maximum Gasteiger partial charge on any atom is 0.329 e. The van der Waals surface area contributed by atoms with E-state index in [1.807, 2.05) is 110 Å². The second-order valence-corrected chi connectivity index (χ2v) is 48.2. The largest absolute Gasteiger partial charge is 0.456 e. The van der Waals surface area contributed by atoms with E-state index in [0.29, 0.717) is 143 Å². The zero-order valence-corrected chi connectivity index (χ0v) is 95.6. The smallest absolute Gasteiger partial charge is 0.329 e. The second kappa shape index (κ2) is 62.1. The number of aliphatic imine (C=N–C) groups is 7. The summed E-state index contributed by atoms with van der Waals surface area (Å²) < 4.78 is 17.1. The van der Waals surface area contributed by atoms with Gasteiger partial charge in [-0.15, -0.1) is 47.0 Å². The van der Waals surface area contributed by atoms with E-state index in [4.69, 9.17) is 19.2 Å². The Bertz CT molecular complexity index is 5300. The van der Waals surface area contributed by atoms with Gasteiger partial charge in [0.1, 0.15) is 79.8 Å². The number of rotatable bonds is 31. The maximum absolute atomic E-state index is 13.4. The molecule has 0 unspecified atom stereocenters. The second-order valence-electron chi connectivity index (χ2n) is 40.3. The van der Waals surface area contributed by atoms with Crippen LogP contribution in [0.25, 0.3) is 0 Å². The van der Waals surface area contributed by atoms with Crippen LogP contribution in [-0.4, -0.2) is 265 Å². The van der Waals surface area contributed by atoms with Gasteiger partial charge >= 0.3 is 17.9 Å². The third-order valence-corrected chi connectivity index (χ3v) is 33.5. The number of pyridine rings is 1. The van der Waals surface area contributed by atoms with E-state index >= 15 is 0 Å². The molecular weight excluding hydrogens is 2070 g/mol. The van der Waals surface area contributed by atoms with E-state index in [2.05, 4.69) is 109 Å². The molecule has 12 rings (SSSR count). The average Bonchev–Trinajstić information content (AvgIpc) is 1.66. The minimum atomic E-state index is -1.03. The molecular formula is C107H151N17O18S8. The number of hydrogen-bond acceptors (Lipinski definition) is 34. The number of hydrogen-bond donors (Lipinski definition) is 10. The van der Waals surface area contributed by atoms with Gasteiger partial charge < -0.3 is 62.1 Å². The molecule has 0 aliphatic carbocycles. The Morgan fingerprint density at radius 3 is 1.13 bits per heavy atom. The summed E-state index contributed by atoms with van der Waals surface area (Å²) in [6, 6.07) is -0.310. The van der Waals surface area contributed by atoms with E-state index in [1.165, 1.54) is 128 Å². The van der Waals surface area contributed by atoms with Crippen molar-refractivity contribution in [1.82, 2.24) is 52.8 Å². The number of ether oxygens (including phenoxy) is 3. The number of thiol groups is 1. The predicted molar refractivity (Wildman–Crippen MR) is 609 cm³/mol. The van der Waals surface area contributed by atoms with E-state index in [1.54, 1.807) is 58.2 Å². The molecule has 0 radical (unpaired) electrons. The number of cyclic esters (lactones) is 3. The molecule has 0 fully saturated rings. The Hall–Kier alpha value is -9.53. The number of unbranched alkanes of at least 4 members (excludes halogenated alkanes) is 8. The van der Waals surface area contributed by atoms with Crippen LogP contribution in [0.1, 0.15) is 263 Å². The Morgan fingerprint density at radius 2 is 0.760 bits per heavy atom. The number of nitrogens with one attached hydrogen (secondary N) is 9. The van der Waals surface area contributed by atoms with Crippen molar-refractivity contribution < 1.29 is 86.1 Å². The summed E-state index contributed by atoms with van der Waals surface area (Å²) in [6.07, 6.45) is 36.1. The van der Waals surface area contributed by atoms with Gasteiger partial charge in [-0.05, 0) is 126 Å². The Morgan fingerprint density at radius 1 is 0.427 bits per heavy atom. The number of esters is 3. The summed E-state index contributed by atoms with van der Waals surface area (Å²) in [5.74, 6) is -1.04. The van der Waals surface area contributed by atoms with Gasteiger partial charge in [-0.25, -0.2) is 14.4 Å². The van der Waals surface area contributed by atoms with Gasteiger partial charge in [-0.2, -0.15) is 12.6 Å². The first-order valence-corrected chi connectivity index (χ1v) is 59.7. The number of aromatic nitrogens is 1. The molecule has 0 saturated heterocycles. The molecule has 12 atom stereocenters. The van der Waals surface area contributed by atoms with Crippen molar-refractivity contribution in [1.29, 1.82) is 0 Å². The highest BCUT2D eigenvalue weighted by molar-refractivity contribution is 8.16. The molecule has 0 saturated carbocycles. The highest BCUT2D eigenvalue weighted by Crippen LogP contribution is 2.39. The molecule has 150 heavy (non-hydrogen) atoms. The monoisotopic (exact) mass is 2220 g/mol. The number of amides is 9. The molecule has 820 valence electrons. The summed E-state index contributed by atoms with van der Waals surface area (Å²) >= 11 is 13.9. The van der Waals surface area contributed by atoms with Crippen molar-refractivity contribution in [3.05, 3.63) is 114 Å². The van der Waals surface area contributed by atoms with Gasteiger partial charge in [0, 0.05) is 108 Å². The van der Waals surface area contributed by atoms with Crippen LogP contribution >= 0.6 is 95.0 Å². The molecule has 0 aromatic carbocycles. The van der Waals surface area contributed by atoms with Gasteiger partial charge in [0.15, 0.2) is 15.3 Å². The SMILES string of the molecule is CC(=O)SCC/C=C/[C@@H]1CC(=O)NCc2cc(ccn2)C2=N[C@@](C)(CS2)C(=O)N[C@@H](C(C)C)C(=O)O1.CC(C)[C@@H]1NC(=O)[C@]2(C)CSC(=N2)C2=CCC(=N2)CNC(=O)C[C@@H](/C=C/CCS)OC1=O.CCCCCCCC(=O)SCC/C=C/[C@@H]1CC(=O)NCC2=NC(=CC2)C2=N[C@@](C)(CS2)C(=O)N[C@@H](C(C)C)C(=O)N1.CCCCCCCC(=O)SCC/C=C/[C@@H]1CC(=O)NCC2=NC(=CC2)C2=N[C@@](C)(CS2)C(=O)N[C@@H](C(C)C)C(=O)O1. The fraction of sp³-hybridized carbons (Fsp3) is 0.617. The third kappa shape index (κ3) is 40.4. The molecule has 11 aliphatic heterocycles. The summed E-state index contributed by atoms with van der Waals surface area (Å²) in [5.41, 5.74) is 2.05. The minimum absolute atomic E-state index is 0.0125. The summed E-state index contributed by atoms with van der Waals surface area (Å²) in [7, 11) is 0. The Kier molecular flexibility index (Phi) is 51.3. The zero-order chi connectivity index (χ0) is 109. The van der Waals surface area contributed by atoms with E-state index in [-0.39, 0.29) is 131 Å². The van der Waals surface area contributed by atoms with Crippen LogP contribution in [-0.2, 0) is 92.7 Å². The number of nitrogens with zero attached hydrogens (tertiary/aromatic N) is 8. The van der Waals surface area contributed by atoms with Crippen molar-refractivity contribution in [2.75, 3.05) is 65.7 Å². The fourth-order valence-corrected chi connectivity index (χ4v) is 23.1. The van der Waals surface area contributed by atoms with Crippen molar-refractivity contribution in [3.63, 3.8) is 0 Å². The number of fused-ring (bicyclic) bond motifs is 13. The van der Waals surface area contributed by atoms with Crippen molar-refractivity contribution in [3.8, 4) is 0 Å². The van der Waals surface area contributed by atoms with Gasteiger partial charge in [0.25, 0.3) is 0 Å². The highest BCUT2D eigenvalue weighted by Gasteiger charge is 2.48. The summed E-state index contributed by atoms with van der Waals surface area (Å²) in [4.78, 5) is 229. The normalized spacial score (nSPS) is 26.3. The number of carbonyl (C=O) groups excluding carboxylic acids is 15. The summed E-state index contributed by atoms with van der Waals surface area (Å²) in [5, 5.41) is 29.1. The van der Waals surface area contributed by atoms with Crippen LogP contribution in [0, 0.1) is 23.7 Å². The first-order chi connectivity index (χ1) is 71.5. The van der Waals surface area contributed by atoms with Gasteiger partial charge in [0.2, 0.25) is 53.2 Å². The first kappa shape index (κ1) is 124. The van der Waals surface area contributed by atoms with Crippen LogP contribution in [0.2, 0.25) is 0 Å². The van der Waals surface area contributed by atoms with E-state index < -0.39 is 88.6 Å². The van der Waals surface area contributed by atoms with Crippen molar-refractivity contribution in [2.45, 2.75) is 329 Å². The van der Waals surface area contributed by atoms with Gasteiger partial charge in [-0.1, -0.05) is 204 Å². The molecule has 16 bridgehead atoms. The quantitative estimate of drug-likeness (QED) is 0.0108. The number of carbonyl (C=O) groups is 15. The molecule has 12 heterocycles. The molecule has 35 nitrogen and oxygen atoms in total. The van der Waals surface area contributed by atoms with Gasteiger partial charge in [-0.3, -0.25) is 97.5 Å². The topological polar surface area (TPSA) is 491 Å². The van der Waals surface area contributed by atoms with Crippen LogP contribution < -0.4 is 47.9 Å². The van der Waals surface area contributed by atoms with Crippen molar-refractivity contribution >= 4 is 219 Å². The molecule has 1 aromatic rings. The lowest BCUT2D eigenvalue weighted by Gasteiger charge is -2.27. The third-order valence-electron chi connectivity index (χ3n) is 25.3. The molecule has 43 heteroatoms. The zero-order valence-electron chi connectivity index (χ0n) is 89.0. The lowest BCUT2D eigenvalue weighted by Crippen LogP contribution is -2.56. The molecule has 11 aliphatic rings. The van der Waals surface area contributed by atoms with E-state index in [0.717, 1.165) is 65.5 Å². The molecule has 9 amide bonds. The molecule has 0 spiro atoms. The number of allylic oxidation sites excluding steroid dienone is 7. The van der Waals surface area contributed by atoms with E-state index in [9.17, 15) is 71.9 Å². The van der Waals surface area contributed by atoms with Crippen LogP contribution in [0.4, 0.5) is 0 Å². The van der Waals surface area contributed by atoms with Crippen LogP contribution in [0.5, 0.6) is 0 Å². The van der Waals surface area contributed by atoms with Crippen molar-refractivity contribution in [2.24, 2.45) is 58.6 Å². The predicted octanol–water partition coefficient (Wildman–Crippen LogP) is 13.8. The first-order valence-electron chi connectivity index (χ1n) is 52.1. The standard InChI is InChI=1S/C30H45N5O4S2.C30H44N4O5S2.C25H32N4O5S2.C22H30N4O4S2/c1-5-6-7-8-9-13-25(37)40-16-11-10-12-21-17-24(36)31-18-22-14-15-23(32-22)28-35-30(4,19-41-28)29(39)34-26(20(2)3)27(38)33-21;1-5-6-7-8-9-13-25(36)40-16-11-10-12-22-17-24(35)31-18-21-14-15-23(32-21)27-34-30(4,19-41-27)29(38)33-26(20(2)3)28(37)39-22;1-15(2)21-23(32)34-19(7-5-6-10-35-16(3)30)12-20(31)27-13-18-11-17(8-9-26-18)22-29-25(4,14-36-22)24(33)28-21;1-13(2)18-20(28)30-15(6-4-5-9-31)10-17(27)23-11-14-7-8-16(24-14)19-26-22(3,12-32-19)21(29)25-18/h10,12,15,20-21,26H,5-9,11,13-14,16-19H2,1-4H3,(H,31,36)(H,33,38)(H,34,39);10,12,15,20,22,26H,5-9,11,13-14,16-19H2,1-4H3,(H,31,35)(H,33,38);5,7-9,11,15,19,21H,6,10,12-14H2,1-4H3,(H,27,31)(H,28,33);4,6,8,13,15,18,31H,5,7,9-12H2,1-3H3,(H,23,27)(H,25,29)/b2*12-10+;7-5+;6-4+/t21-,26+,30+;22-,26+,30+;19-,21+,25+;15-,18+,22+/m1111/s1. The minimum Gasteiger partial charge on any atom is -0.456 e. The lowest BCUT2D eigenvalue weighted by molar-refractivity contribution is -0.154. The maximum atomic E-state index is 13.4. The highest BCUT2D eigenvalue weighted by atomic mass is 32.2. The Balaban J connectivity index is 0.000000223. The average molecular weight is 2220 g/mol. The number of thioether (sulfide) groups is 7. The van der Waals surface area contributed by atoms with Crippen LogP contribution in [0.15, 0.2) is 137 Å². The Labute approximate surface area is 917 Å². The van der Waals surface area contributed by atoms with Crippen LogP contribution in [0.3, 0.4) is 0 Å².